The van der Waals surface area contributed by atoms with E-state index in [-0.39, 0.29) is 12.6 Å². The second kappa shape index (κ2) is 6.42. The molecule has 0 aromatic carbocycles. The molecule has 0 bridgehead atoms. The van der Waals surface area contributed by atoms with E-state index in [1.807, 2.05) is 6.92 Å². The molecule has 0 saturated heterocycles. The van der Waals surface area contributed by atoms with Crippen LogP contribution in [0.25, 0.3) is 0 Å². The first-order valence-corrected chi connectivity index (χ1v) is 5.64. The van der Waals surface area contributed by atoms with Crippen LogP contribution in [-0.4, -0.2) is 30.8 Å². The number of hydrogen-bond acceptors (Lipinski definition) is 5. The van der Waals surface area contributed by atoms with Crippen molar-refractivity contribution >= 4 is 5.97 Å². The van der Waals surface area contributed by atoms with E-state index in [4.69, 9.17) is 9.52 Å². The van der Waals surface area contributed by atoms with Gasteiger partial charge >= 0.3 is 5.97 Å². The van der Waals surface area contributed by atoms with Crippen molar-refractivity contribution in [1.82, 2.24) is 5.32 Å². The van der Waals surface area contributed by atoms with Gasteiger partial charge in [-0.15, -0.1) is 0 Å². The van der Waals surface area contributed by atoms with E-state index in [0.29, 0.717) is 23.6 Å². The third-order valence-electron chi connectivity index (χ3n) is 2.65. The first kappa shape index (κ1) is 13.7. The molecule has 0 spiro atoms. The van der Waals surface area contributed by atoms with Gasteiger partial charge < -0.3 is 19.6 Å². The molecule has 0 aliphatic heterocycles. The third-order valence-corrected chi connectivity index (χ3v) is 2.65. The molecular formula is C12H19NO4. The number of methoxy groups -OCH3 is 1. The number of furan rings is 1. The predicted octanol–water partition coefficient (Wildman–Crippen LogP) is 1.24. The summed E-state index contributed by atoms with van der Waals surface area (Å²) in [4.78, 5) is 11.4. The minimum absolute atomic E-state index is 0.0435. The summed E-state index contributed by atoms with van der Waals surface area (Å²) in [6.45, 7) is 4.28. The minimum atomic E-state index is -0.397. The Bertz CT molecular complexity index is 369. The van der Waals surface area contributed by atoms with Gasteiger partial charge in [0.2, 0.25) is 0 Å². The van der Waals surface area contributed by atoms with E-state index < -0.39 is 5.97 Å². The molecule has 0 aliphatic rings. The van der Waals surface area contributed by atoms with Crippen molar-refractivity contribution in [2.45, 2.75) is 32.9 Å². The molecule has 5 heteroatoms. The average molecular weight is 241 g/mol. The summed E-state index contributed by atoms with van der Waals surface area (Å²) >= 11 is 0. The largest absolute Gasteiger partial charge is 0.465 e. The molecule has 0 amide bonds. The summed E-state index contributed by atoms with van der Waals surface area (Å²) in [5.41, 5.74) is 0.446. The highest BCUT2D eigenvalue weighted by atomic mass is 16.5. The van der Waals surface area contributed by atoms with Gasteiger partial charge in [-0.1, -0.05) is 6.92 Å². The smallest absolute Gasteiger partial charge is 0.341 e. The summed E-state index contributed by atoms with van der Waals surface area (Å²) < 4.78 is 10.1. The van der Waals surface area contributed by atoms with E-state index in [0.717, 1.165) is 6.42 Å². The molecule has 96 valence electrons. The Morgan fingerprint density at radius 1 is 1.65 bits per heavy atom. The van der Waals surface area contributed by atoms with Gasteiger partial charge in [-0.2, -0.15) is 0 Å². The summed E-state index contributed by atoms with van der Waals surface area (Å²) in [6, 6.07) is 1.71. The van der Waals surface area contributed by atoms with Gasteiger partial charge in [-0.05, 0) is 19.4 Å². The number of nitrogens with one attached hydrogen (secondary N) is 1. The average Bonchev–Trinajstić information content (AvgIpc) is 2.71. The van der Waals surface area contributed by atoms with E-state index >= 15 is 0 Å². The molecule has 5 nitrogen and oxygen atoms in total. The summed E-state index contributed by atoms with van der Waals surface area (Å²) in [5.74, 6) is 0.812. The van der Waals surface area contributed by atoms with Gasteiger partial charge in [0, 0.05) is 6.04 Å². The zero-order valence-corrected chi connectivity index (χ0v) is 10.4. The molecule has 1 heterocycles. The van der Waals surface area contributed by atoms with Crippen LogP contribution in [0.2, 0.25) is 0 Å². The Balaban J connectivity index is 2.64. The first-order chi connectivity index (χ1) is 8.12. The van der Waals surface area contributed by atoms with Crippen molar-refractivity contribution < 1.29 is 19.1 Å². The number of esters is 1. The molecule has 0 saturated carbocycles. The van der Waals surface area contributed by atoms with Crippen LogP contribution in [0.3, 0.4) is 0 Å². The first-order valence-electron chi connectivity index (χ1n) is 5.64. The molecule has 1 aromatic rings. The lowest BCUT2D eigenvalue weighted by molar-refractivity contribution is 0.0599. The van der Waals surface area contributed by atoms with Crippen LogP contribution in [0.1, 0.15) is 35.2 Å². The molecule has 2 N–H and O–H groups in total. The Kier molecular flexibility index (Phi) is 5.18. The Hall–Kier alpha value is -1.33. The lowest BCUT2D eigenvalue weighted by atomic mass is 10.2. The molecule has 1 rings (SSSR count). The number of carbonyl (C=O) groups excluding carboxylic acids is 1. The Morgan fingerprint density at radius 3 is 2.88 bits per heavy atom. The van der Waals surface area contributed by atoms with Crippen LogP contribution in [0.4, 0.5) is 0 Å². The molecule has 0 unspecified atom stereocenters. The molecule has 0 radical (unpaired) electrons. The zero-order valence-electron chi connectivity index (χ0n) is 10.4. The summed E-state index contributed by atoms with van der Waals surface area (Å²) in [5, 5.41) is 12.2. The van der Waals surface area contributed by atoms with Gasteiger partial charge in [0.15, 0.2) is 0 Å². The fourth-order valence-corrected chi connectivity index (χ4v) is 1.53. The standard InChI is InChI=1S/C12H19NO4/c1-4-9(7-14)13-6-10-5-11(8(2)17-10)12(15)16-3/h5,9,13-14H,4,6-7H2,1-3H3/t9-/m1/s1. The number of aliphatic hydroxyl groups excluding tert-OH is 1. The lowest BCUT2D eigenvalue weighted by Crippen LogP contribution is -2.30. The van der Waals surface area contributed by atoms with Crippen LogP contribution < -0.4 is 5.32 Å². The predicted molar refractivity (Wildman–Crippen MR) is 62.8 cm³/mol. The van der Waals surface area contributed by atoms with E-state index in [1.54, 1.807) is 13.0 Å². The maximum atomic E-state index is 11.4. The number of aryl methyl sites for hydroxylation is 1. The highest BCUT2D eigenvalue weighted by Gasteiger charge is 2.15. The normalized spacial score (nSPS) is 12.5. The van der Waals surface area contributed by atoms with Crippen LogP contribution in [0, 0.1) is 6.92 Å². The van der Waals surface area contributed by atoms with Crippen LogP contribution >= 0.6 is 0 Å². The zero-order chi connectivity index (χ0) is 12.8. The molecular weight excluding hydrogens is 222 g/mol. The van der Waals surface area contributed by atoms with Gasteiger partial charge in [0.25, 0.3) is 0 Å². The summed E-state index contributed by atoms with van der Waals surface area (Å²) in [7, 11) is 1.34. The van der Waals surface area contributed by atoms with Crippen LogP contribution in [0.15, 0.2) is 10.5 Å². The third kappa shape index (κ3) is 3.57. The highest BCUT2D eigenvalue weighted by Crippen LogP contribution is 2.15. The molecule has 0 fully saturated rings. The molecule has 1 atom stereocenters. The van der Waals surface area contributed by atoms with Gasteiger partial charge in [0.05, 0.1) is 20.3 Å². The number of ether oxygens (including phenoxy) is 1. The number of carbonyl (C=O) groups is 1. The lowest BCUT2D eigenvalue weighted by Gasteiger charge is -2.12. The topological polar surface area (TPSA) is 71.7 Å². The van der Waals surface area contributed by atoms with E-state index in [1.165, 1.54) is 7.11 Å². The monoisotopic (exact) mass is 241 g/mol. The van der Waals surface area contributed by atoms with E-state index in [9.17, 15) is 4.79 Å². The number of rotatable bonds is 6. The van der Waals surface area contributed by atoms with Crippen molar-refractivity contribution in [1.29, 1.82) is 0 Å². The van der Waals surface area contributed by atoms with Gasteiger partial charge in [-0.25, -0.2) is 4.79 Å². The second-order valence-electron chi connectivity index (χ2n) is 3.84. The fraction of sp³-hybridized carbons (Fsp3) is 0.583. The maximum absolute atomic E-state index is 11.4. The Labute approximate surface area is 101 Å². The number of aliphatic hydroxyl groups is 1. The van der Waals surface area contributed by atoms with Crippen molar-refractivity contribution in [2.75, 3.05) is 13.7 Å². The number of hydrogen-bond donors (Lipinski definition) is 2. The fourth-order valence-electron chi connectivity index (χ4n) is 1.53. The van der Waals surface area contributed by atoms with Crippen molar-refractivity contribution in [3.05, 3.63) is 23.2 Å². The maximum Gasteiger partial charge on any atom is 0.341 e. The molecule has 17 heavy (non-hydrogen) atoms. The second-order valence-corrected chi connectivity index (χ2v) is 3.84. The SMILES string of the molecule is CC[C@H](CO)NCc1cc(C(=O)OC)c(C)o1. The van der Waals surface area contributed by atoms with Crippen LogP contribution in [-0.2, 0) is 11.3 Å². The van der Waals surface area contributed by atoms with Crippen LogP contribution in [0.5, 0.6) is 0 Å². The summed E-state index contributed by atoms with van der Waals surface area (Å²) in [6.07, 6.45) is 0.833. The quantitative estimate of drug-likeness (QED) is 0.733. The minimum Gasteiger partial charge on any atom is -0.465 e. The van der Waals surface area contributed by atoms with E-state index in [2.05, 4.69) is 10.1 Å². The highest BCUT2D eigenvalue weighted by molar-refractivity contribution is 5.90. The van der Waals surface area contributed by atoms with Crippen molar-refractivity contribution in [3.63, 3.8) is 0 Å². The van der Waals surface area contributed by atoms with Crippen molar-refractivity contribution in [2.24, 2.45) is 0 Å². The van der Waals surface area contributed by atoms with Gasteiger partial charge in [0.1, 0.15) is 17.1 Å². The van der Waals surface area contributed by atoms with Crippen molar-refractivity contribution in [3.8, 4) is 0 Å². The molecule has 1 aromatic heterocycles. The molecule has 0 aliphatic carbocycles. The van der Waals surface area contributed by atoms with Gasteiger partial charge in [-0.3, -0.25) is 0 Å². The Morgan fingerprint density at radius 2 is 2.35 bits per heavy atom.